The molecule has 2 aliphatic heterocycles. The van der Waals surface area contributed by atoms with E-state index in [1.54, 1.807) is 0 Å². The van der Waals surface area contributed by atoms with Crippen molar-refractivity contribution in [3.63, 3.8) is 0 Å². The number of aromatic nitrogens is 5. The summed E-state index contributed by atoms with van der Waals surface area (Å²) in [5.41, 5.74) is 7.40. The number of benzene rings is 1. The molecule has 1 fully saturated rings. The maximum absolute atomic E-state index is 13.4. The molecule has 3 aromatic heterocycles. The van der Waals surface area contributed by atoms with Gasteiger partial charge in [-0.25, -0.2) is 4.68 Å². The van der Waals surface area contributed by atoms with Gasteiger partial charge in [-0.15, -0.1) is 5.10 Å². The van der Waals surface area contributed by atoms with Crippen molar-refractivity contribution in [2.45, 2.75) is 46.5 Å². The molecule has 5 heterocycles. The first-order valence-electron chi connectivity index (χ1n) is 12.5. The summed E-state index contributed by atoms with van der Waals surface area (Å²) in [6, 6.07) is 8.40. The third-order valence-electron chi connectivity index (χ3n) is 7.60. The number of aryl methyl sites for hydroxylation is 4. The third-order valence-corrected chi connectivity index (χ3v) is 7.60. The molecule has 0 unspecified atom stereocenters. The van der Waals surface area contributed by atoms with E-state index in [0.717, 1.165) is 84.8 Å². The fourth-order valence-electron chi connectivity index (χ4n) is 5.64. The average Bonchev–Trinajstić information content (AvgIpc) is 3.50. The molecule has 35 heavy (non-hydrogen) atoms. The number of piperidine rings is 1. The number of nitrogens with zero attached hydrogens (tertiary/aromatic N) is 6. The Hall–Kier alpha value is -3.68. The summed E-state index contributed by atoms with van der Waals surface area (Å²) < 4.78 is 1.99. The Balaban J connectivity index is 1.25. The predicted octanol–water partition coefficient (Wildman–Crippen LogP) is 4.26. The number of carbonyl (C=O) groups is 1. The van der Waals surface area contributed by atoms with E-state index >= 15 is 0 Å². The van der Waals surface area contributed by atoms with Gasteiger partial charge in [0.1, 0.15) is 5.52 Å². The minimum Gasteiger partial charge on any atom is -0.366 e. The van der Waals surface area contributed by atoms with E-state index in [1.807, 2.05) is 28.9 Å². The van der Waals surface area contributed by atoms with Gasteiger partial charge in [0.2, 0.25) is 5.91 Å². The number of anilines is 2. The molecule has 1 N–H and O–H groups in total. The second-order valence-corrected chi connectivity index (χ2v) is 9.89. The summed E-state index contributed by atoms with van der Waals surface area (Å²) in [5, 5.41) is 15.1. The molecule has 1 aromatic carbocycles. The van der Waals surface area contributed by atoms with Gasteiger partial charge in [0.25, 0.3) is 0 Å². The largest absolute Gasteiger partial charge is 0.366 e. The molecule has 4 aromatic rings. The van der Waals surface area contributed by atoms with Crippen molar-refractivity contribution < 1.29 is 4.79 Å². The van der Waals surface area contributed by atoms with Crippen LogP contribution in [0.3, 0.4) is 0 Å². The molecule has 6 rings (SSSR count). The third kappa shape index (κ3) is 3.68. The molecule has 8 heteroatoms. The van der Waals surface area contributed by atoms with Crippen molar-refractivity contribution in [3.8, 4) is 5.69 Å². The molecule has 180 valence electrons. The zero-order valence-electron chi connectivity index (χ0n) is 20.6. The van der Waals surface area contributed by atoms with Gasteiger partial charge in [0.05, 0.1) is 28.1 Å². The fourth-order valence-corrected chi connectivity index (χ4v) is 5.64. The Bertz CT molecular complexity index is 1390. The van der Waals surface area contributed by atoms with Crippen LogP contribution in [0.4, 0.5) is 11.5 Å². The number of aromatic amines is 1. The predicted molar refractivity (Wildman–Crippen MR) is 137 cm³/mol. The maximum Gasteiger partial charge on any atom is 0.230 e. The summed E-state index contributed by atoms with van der Waals surface area (Å²) in [5.74, 6) is 1.11. The van der Waals surface area contributed by atoms with Gasteiger partial charge in [0, 0.05) is 37.9 Å². The molecule has 0 aliphatic carbocycles. The molecular formula is C27H31N7O. The van der Waals surface area contributed by atoms with E-state index in [1.165, 1.54) is 11.1 Å². The van der Waals surface area contributed by atoms with Crippen LogP contribution >= 0.6 is 0 Å². The summed E-state index contributed by atoms with van der Waals surface area (Å²) in [6.45, 7) is 8.52. The topological polar surface area (TPSA) is 82.9 Å². The van der Waals surface area contributed by atoms with Crippen molar-refractivity contribution in [2.24, 2.45) is 5.92 Å². The van der Waals surface area contributed by atoms with Crippen molar-refractivity contribution in [1.82, 2.24) is 25.0 Å². The second kappa shape index (κ2) is 8.52. The molecule has 0 saturated carbocycles. The van der Waals surface area contributed by atoms with Gasteiger partial charge in [-0.2, -0.15) is 10.2 Å². The van der Waals surface area contributed by atoms with Crippen molar-refractivity contribution in [3.05, 3.63) is 59.2 Å². The molecule has 8 nitrogen and oxygen atoms in total. The Labute approximate surface area is 205 Å². The zero-order valence-corrected chi connectivity index (χ0v) is 20.6. The molecule has 1 amide bonds. The lowest BCUT2D eigenvalue weighted by atomic mass is 9.93. The minimum atomic E-state index is 0.0350. The van der Waals surface area contributed by atoms with Crippen LogP contribution in [0.5, 0.6) is 0 Å². The highest BCUT2D eigenvalue weighted by molar-refractivity contribution is 5.96. The lowest BCUT2D eigenvalue weighted by molar-refractivity contribution is -0.123. The minimum absolute atomic E-state index is 0.0350. The zero-order chi connectivity index (χ0) is 24.1. The van der Waals surface area contributed by atoms with Crippen LogP contribution in [-0.2, 0) is 11.2 Å². The second-order valence-electron chi connectivity index (χ2n) is 9.89. The number of rotatable bonds is 3. The van der Waals surface area contributed by atoms with E-state index in [9.17, 15) is 4.79 Å². The number of hydrogen-bond donors (Lipinski definition) is 1. The van der Waals surface area contributed by atoms with Crippen LogP contribution in [0.15, 0.2) is 36.7 Å². The van der Waals surface area contributed by atoms with Crippen LogP contribution < -0.4 is 9.80 Å². The normalized spacial score (nSPS) is 16.7. The number of hydrogen-bond acceptors (Lipinski definition) is 5. The SMILES string of the molecule is Cc1ccc(-n2nc3c(N4CCC(C(=O)N5CCCc6c[nH]cc65)CC4)nnc(C)c3c2C)cc1. The van der Waals surface area contributed by atoms with Crippen molar-refractivity contribution >= 4 is 28.3 Å². The van der Waals surface area contributed by atoms with E-state index in [2.05, 4.69) is 58.2 Å². The van der Waals surface area contributed by atoms with Gasteiger partial charge >= 0.3 is 0 Å². The highest BCUT2D eigenvalue weighted by atomic mass is 16.2. The quantitative estimate of drug-likeness (QED) is 0.485. The van der Waals surface area contributed by atoms with E-state index < -0.39 is 0 Å². The summed E-state index contributed by atoms with van der Waals surface area (Å²) in [4.78, 5) is 20.8. The number of amides is 1. The molecule has 1 saturated heterocycles. The maximum atomic E-state index is 13.4. The molecule has 0 radical (unpaired) electrons. The van der Waals surface area contributed by atoms with Gasteiger partial charge in [-0.1, -0.05) is 17.7 Å². The van der Waals surface area contributed by atoms with Crippen molar-refractivity contribution in [1.29, 1.82) is 0 Å². The summed E-state index contributed by atoms with van der Waals surface area (Å²) in [6.07, 6.45) is 7.67. The molecular weight excluding hydrogens is 438 g/mol. The number of nitrogens with one attached hydrogen (secondary N) is 1. The average molecular weight is 470 g/mol. The first kappa shape index (κ1) is 21.8. The smallest absolute Gasteiger partial charge is 0.230 e. The molecule has 0 bridgehead atoms. The molecule has 0 atom stereocenters. The van der Waals surface area contributed by atoms with Crippen LogP contribution in [-0.4, -0.2) is 50.5 Å². The van der Waals surface area contributed by atoms with Gasteiger partial charge < -0.3 is 14.8 Å². The van der Waals surface area contributed by atoms with E-state index in [4.69, 9.17) is 5.10 Å². The first-order chi connectivity index (χ1) is 17.0. The Kier molecular flexibility index (Phi) is 5.31. The van der Waals surface area contributed by atoms with Crippen LogP contribution in [0, 0.1) is 26.7 Å². The first-order valence-corrected chi connectivity index (χ1v) is 12.5. The molecule has 0 spiro atoms. The van der Waals surface area contributed by atoms with Crippen LogP contribution in [0.1, 0.15) is 41.8 Å². The van der Waals surface area contributed by atoms with Gasteiger partial charge in [-0.3, -0.25) is 4.79 Å². The Morgan fingerprint density at radius 1 is 1.00 bits per heavy atom. The van der Waals surface area contributed by atoms with Gasteiger partial charge in [0.15, 0.2) is 5.82 Å². The number of carbonyl (C=O) groups excluding carboxylic acids is 1. The Morgan fingerprint density at radius 2 is 1.77 bits per heavy atom. The lowest BCUT2D eigenvalue weighted by Crippen LogP contribution is -2.44. The van der Waals surface area contributed by atoms with Gasteiger partial charge in [-0.05, 0) is 64.2 Å². The highest BCUT2D eigenvalue weighted by Gasteiger charge is 2.33. The van der Waals surface area contributed by atoms with E-state index in [0.29, 0.717) is 0 Å². The number of fused-ring (bicyclic) bond motifs is 2. The Morgan fingerprint density at radius 3 is 2.54 bits per heavy atom. The fraction of sp³-hybridized carbons (Fsp3) is 0.407. The standard InChI is InChI=1S/C27H31N7O/c1-17-6-8-22(9-7-17)34-19(3)24-18(2)29-30-26(25(24)31-34)32-13-10-20(11-14-32)27(35)33-12-4-5-21-15-28-16-23(21)33/h6-9,15-16,20,28H,4-5,10-14H2,1-3H3. The van der Waals surface area contributed by atoms with Crippen molar-refractivity contribution in [2.75, 3.05) is 29.4 Å². The number of H-pyrrole nitrogens is 1. The molecule has 2 aliphatic rings. The van der Waals surface area contributed by atoms with Crippen LogP contribution in [0.2, 0.25) is 0 Å². The monoisotopic (exact) mass is 469 g/mol. The van der Waals surface area contributed by atoms with Crippen LogP contribution in [0.25, 0.3) is 16.6 Å². The summed E-state index contributed by atoms with van der Waals surface area (Å²) >= 11 is 0. The van der Waals surface area contributed by atoms with E-state index in [-0.39, 0.29) is 11.8 Å². The summed E-state index contributed by atoms with van der Waals surface area (Å²) in [7, 11) is 0. The lowest BCUT2D eigenvalue weighted by Gasteiger charge is -2.35. The highest BCUT2D eigenvalue weighted by Crippen LogP contribution is 2.34.